The minimum atomic E-state index is -0.728. The molecule has 1 fully saturated rings. The Balaban J connectivity index is 1.21. The van der Waals surface area contributed by atoms with Crippen LogP contribution >= 0.6 is 0 Å². The number of urea groups is 1. The molecule has 0 aliphatic heterocycles. The summed E-state index contributed by atoms with van der Waals surface area (Å²) < 4.78 is 13.4. The van der Waals surface area contributed by atoms with E-state index in [1.807, 2.05) is 55.5 Å². The van der Waals surface area contributed by atoms with E-state index in [1.165, 1.54) is 12.1 Å². The minimum Gasteiger partial charge on any atom is -0.369 e. The highest BCUT2D eigenvalue weighted by atomic mass is 19.1. The Morgan fingerprint density at radius 1 is 1.05 bits per heavy atom. The first kappa shape index (κ1) is 24.5. The Hall–Kier alpha value is -4.20. The summed E-state index contributed by atoms with van der Waals surface area (Å²) in [6, 6.07) is 21.3. The van der Waals surface area contributed by atoms with Gasteiger partial charge in [0.1, 0.15) is 11.6 Å². The van der Waals surface area contributed by atoms with Gasteiger partial charge in [0.15, 0.2) is 0 Å². The number of nitrogens with one attached hydrogen (secondary N) is 3. The quantitative estimate of drug-likeness (QED) is 0.273. The number of carbonyl (C=O) groups excluding carboxylic acids is 2. The lowest BCUT2D eigenvalue weighted by atomic mass is 9.63. The van der Waals surface area contributed by atoms with Crippen molar-refractivity contribution in [3.8, 4) is 11.4 Å². The number of primary amides is 1. The monoisotopic (exact) mass is 499 g/mol. The molecule has 3 amide bonds. The zero-order valence-corrected chi connectivity index (χ0v) is 20.6. The fraction of sp³-hybridized carbons (Fsp3) is 0.276. The Kier molecular flexibility index (Phi) is 6.65. The third-order valence-corrected chi connectivity index (χ3v) is 7.69. The third kappa shape index (κ3) is 5.05. The lowest BCUT2D eigenvalue weighted by Gasteiger charge is -2.42. The number of anilines is 1. The predicted octanol–water partition coefficient (Wildman–Crippen LogP) is 5.71. The fourth-order valence-electron chi connectivity index (χ4n) is 5.41. The second-order valence-electron chi connectivity index (χ2n) is 9.85. The van der Waals surface area contributed by atoms with Gasteiger partial charge in [0.25, 0.3) is 0 Å². The number of nitrogens with zero attached hydrogens (tertiary/aromatic N) is 1. The molecule has 1 heterocycles. The number of halogens is 1. The lowest BCUT2D eigenvalue weighted by molar-refractivity contribution is -0.131. The first-order chi connectivity index (χ1) is 17.8. The highest BCUT2D eigenvalue weighted by Crippen LogP contribution is 2.47. The molecule has 1 aliphatic rings. The average Bonchev–Trinajstić information content (AvgIpc) is 3.33. The summed E-state index contributed by atoms with van der Waals surface area (Å²) in [6.45, 7) is 1.97. The maximum atomic E-state index is 13.4. The Bertz CT molecular complexity index is 1410. The van der Waals surface area contributed by atoms with E-state index in [9.17, 15) is 14.0 Å². The number of fused-ring (bicyclic) bond motifs is 1. The van der Waals surface area contributed by atoms with Gasteiger partial charge in [-0.15, -0.1) is 0 Å². The van der Waals surface area contributed by atoms with Crippen molar-refractivity contribution in [3.63, 3.8) is 0 Å². The van der Waals surface area contributed by atoms with E-state index in [1.54, 1.807) is 12.1 Å². The van der Waals surface area contributed by atoms with Crippen molar-refractivity contribution in [2.75, 3.05) is 5.32 Å². The van der Waals surface area contributed by atoms with Crippen LogP contribution < -0.4 is 16.4 Å². The highest BCUT2D eigenvalue weighted by Gasteiger charge is 2.45. The van der Waals surface area contributed by atoms with Crippen molar-refractivity contribution in [1.29, 1.82) is 0 Å². The van der Waals surface area contributed by atoms with E-state index >= 15 is 0 Å². The van der Waals surface area contributed by atoms with Crippen LogP contribution in [0.5, 0.6) is 0 Å². The van der Waals surface area contributed by atoms with Gasteiger partial charge in [-0.25, -0.2) is 14.2 Å². The highest BCUT2D eigenvalue weighted by molar-refractivity contribution is 5.92. The lowest BCUT2D eigenvalue weighted by Crippen LogP contribution is -2.48. The summed E-state index contributed by atoms with van der Waals surface area (Å²) in [4.78, 5) is 33.2. The zero-order valence-electron chi connectivity index (χ0n) is 20.6. The fourth-order valence-corrected chi connectivity index (χ4v) is 5.41. The molecule has 0 radical (unpaired) electrons. The number of rotatable bonds is 6. The largest absolute Gasteiger partial charge is 0.369 e. The SMILES string of the molecule is C[C@H](c1ccc(F)cc1)C1(C(N)=O)CCC(NC(=O)Nc2ccc3nc(-c4ccccc4)[nH]c3c2)CC1. The van der Waals surface area contributed by atoms with Gasteiger partial charge < -0.3 is 21.4 Å². The number of imidazole rings is 1. The van der Waals surface area contributed by atoms with E-state index < -0.39 is 5.41 Å². The number of nitrogens with two attached hydrogens (primary N) is 1. The van der Waals surface area contributed by atoms with Crippen molar-refractivity contribution in [2.24, 2.45) is 11.1 Å². The van der Waals surface area contributed by atoms with Crippen LogP contribution in [0.1, 0.15) is 44.1 Å². The maximum Gasteiger partial charge on any atom is 0.319 e. The topological polar surface area (TPSA) is 113 Å². The molecule has 0 unspecified atom stereocenters. The molecule has 0 bridgehead atoms. The van der Waals surface area contributed by atoms with Crippen molar-refractivity contribution in [3.05, 3.63) is 84.2 Å². The molecular formula is C29H30FN5O2. The van der Waals surface area contributed by atoms with Crippen molar-refractivity contribution >= 4 is 28.7 Å². The summed E-state index contributed by atoms with van der Waals surface area (Å²) in [5, 5.41) is 5.93. The molecule has 190 valence electrons. The van der Waals surface area contributed by atoms with Crippen LogP contribution in [-0.2, 0) is 4.79 Å². The molecule has 1 aliphatic carbocycles. The molecule has 1 saturated carbocycles. The second kappa shape index (κ2) is 10.0. The molecule has 0 saturated heterocycles. The Morgan fingerprint density at radius 2 is 1.76 bits per heavy atom. The summed E-state index contributed by atoms with van der Waals surface area (Å²) in [5.41, 5.74) is 9.33. The molecule has 8 heteroatoms. The molecule has 0 spiro atoms. The average molecular weight is 500 g/mol. The summed E-state index contributed by atoms with van der Waals surface area (Å²) in [7, 11) is 0. The molecule has 5 rings (SSSR count). The standard InChI is InChI=1S/C29H30FN5O2/c1-18(19-7-9-21(30)10-8-19)29(27(31)36)15-13-22(14-16-29)32-28(37)33-23-11-12-24-25(17-23)35-26(34-24)20-5-3-2-4-6-20/h2-12,17-18,22H,13-16H2,1H3,(H2,31,36)(H,34,35)(H2,32,33,37)/t18-,22?,29?/m1/s1. The molecule has 1 atom stereocenters. The minimum absolute atomic E-state index is 0.0755. The van der Waals surface area contributed by atoms with Crippen molar-refractivity contribution in [1.82, 2.24) is 15.3 Å². The molecule has 37 heavy (non-hydrogen) atoms. The number of hydrogen-bond acceptors (Lipinski definition) is 3. The van der Waals surface area contributed by atoms with Gasteiger partial charge in [0.05, 0.1) is 16.4 Å². The number of H-pyrrole nitrogens is 1. The van der Waals surface area contributed by atoms with Gasteiger partial charge in [-0.2, -0.15) is 0 Å². The van der Waals surface area contributed by atoms with Crippen LogP contribution in [0.2, 0.25) is 0 Å². The van der Waals surface area contributed by atoms with Crippen LogP contribution in [0.15, 0.2) is 72.8 Å². The summed E-state index contributed by atoms with van der Waals surface area (Å²) in [6.07, 6.45) is 2.35. The van der Waals surface area contributed by atoms with Crippen LogP contribution in [0.4, 0.5) is 14.9 Å². The van der Waals surface area contributed by atoms with Crippen molar-refractivity contribution in [2.45, 2.75) is 44.6 Å². The number of amides is 3. The normalized spacial score (nSPS) is 20.3. The maximum absolute atomic E-state index is 13.4. The van der Waals surface area contributed by atoms with Gasteiger partial charge in [0, 0.05) is 17.3 Å². The zero-order chi connectivity index (χ0) is 26.0. The number of aromatic nitrogens is 2. The molecular weight excluding hydrogens is 469 g/mol. The van der Waals surface area contributed by atoms with E-state index in [-0.39, 0.29) is 29.7 Å². The molecule has 3 aromatic carbocycles. The number of aromatic amines is 1. The molecule has 7 nitrogen and oxygen atoms in total. The van der Waals surface area contributed by atoms with Gasteiger partial charge in [0.2, 0.25) is 5.91 Å². The number of hydrogen-bond donors (Lipinski definition) is 4. The van der Waals surface area contributed by atoms with Crippen molar-refractivity contribution < 1.29 is 14.0 Å². The summed E-state index contributed by atoms with van der Waals surface area (Å²) in [5.74, 6) is -0.0456. The van der Waals surface area contributed by atoms with E-state index in [2.05, 4.69) is 20.6 Å². The third-order valence-electron chi connectivity index (χ3n) is 7.69. The van der Waals surface area contributed by atoms with Crippen LogP contribution in [0.25, 0.3) is 22.4 Å². The first-order valence-electron chi connectivity index (χ1n) is 12.5. The Labute approximate surface area is 214 Å². The van der Waals surface area contributed by atoms with Gasteiger partial charge >= 0.3 is 6.03 Å². The Morgan fingerprint density at radius 3 is 2.43 bits per heavy atom. The summed E-state index contributed by atoms with van der Waals surface area (Å²) >= 11 is 0. The number of benzene rings is 3. The van der Waals surface area contributed by atoms with E-state index in [0.29, 0.717) is 31.4 Å². The molecule has 1 aromatic heterocycles. The van der Waals surface area contributed by atoms with Gasteiger partial charge in [-0.3, -0.25) is 4.79 Å². The first-order valence-corrected chi connectivity index (χ1v) is 12.5. The smallest absolute Gasteiger partial charge is 0.319 e. The van der Waals surface area contributed by atoms with Crippen LogP contribution in [0.3, 0.4) is 0 Å². The van der Waals surface area contributed by atoms with Crippen LogP contribution in [-0.4, -0.2) is 27.9 Å². The number of carbonyl (C=O) groups is 2. The van der Waals surface area contributed by atoms with E-state index in [0.717, 1.165) is 28.0 Å². The van der Waals surface area contributed by atoms with E-state index in [4.69, 9.17) is 5.73 Å². The van der Waals surface area contributed by atoms with Crippen LogP contribution in [0, 0.1) is 11.2 Å². The van der Waals surface area contributed by atoms with Gasteiger partial charge in [-0.05, 0) is 67.5 Å². The molecule has 5 N–H and O–H groups in total. The van der Waals surface area contributed by atoms with Gasteiger partial charge in [-0.1, -0.05) is 49.4 Å². The second-order valence-corrected chi connectivity index (χ2v) is 9.85. The predicted molar refractivity (Wildman–Crippen MR) is 142 cm³/mol. The molecule has 4 aromatic rings.